The molecular weight excluding hydrogens is 256 g/mol. The lowest BCUT2D eigenvalue weighted by atomic mass is 10.2. The summed E-state index contributed by atoms with van der Waals surface area (Å²) < 4.78 is 27.3. The third-order valence-corrected chi connectivity index (χ3v) is 3.21. The monoisotopic (exact) mass is 268 g/mol. The van der Waals surface area contributed by atoms with Gasteiger partial charge in [0.25, 0.3) is 0 Å². The molecule has 18 heavy (non-hydrogen) atoms. The molecule has 1 heterocycles. The summed E-state index contributed by atoms with van der Waals surface area (Å²) in [6.45, 7) is 0.346. The summed E-state index contributed by atoms with van der Waals surface area (Å²) in [6, 6.07) is 5.89. The third kappa shape index (κ3) is 2.79. The fraction of sp³-hybridized carbons (Fsp3) is 0.100. The van der Waals surface area contributed by atoms with Crippen molar-refractivity contribution in [2.24, 2.45) is 5.14 Å². The van der Waals surface area contributed by atoms with Crippen LogP contribution in [-0.2, 0) is 16.6 Å². The smallest absolute Gasteiger partial charge is 0.238 e. The van der Waals surface area contributed by atoms with E-state index in [-0.39, 0.29) is 4.90 Å². The average molecular weight is 268 g/mol. The lowest BCUT2D eigenvalue weighted by molar-refractivity contribution is 0.388. The van der Waals surface area contributed by atoms with Gasteiger partial charge in [0, 0.05) is 6.07 Å². The summed E-state index contributed by atoms with van der Waals surface area (Å²) in [5.41, 5.74) is 6.62. The summed E-state index contributed by atoms with van der Waals surface area (Å²) in [5, 5.41) is 11.5. The number of nitrogens with two attached hydrogens (primary N) is 2. The molecule has 7 nitrogen and oxygen atoms in total. The van der Waals surface area contributed by atoms with E-state index in [1.165, 1.54) is 24.4 Å². The average Bonchev–Trinajstić information content (AvgIpc) is 2.79. The number of benzene rings is 1. The number of anilines is 2. The van der Waals surface area contributed by atoms with Crippen LogP contribution in [0.3, 0.4) is 0 Å². The van der Waals surface area contributed by atoms with Crippen LogP contribution in [0.15, 0.2) is 39.9 Å². The predicted octanol–water partition coefficient (Wildman–Crippen LogP) is 0.516. The Hall–Kier alpha value is -2.06. The first-order valence-electron chi connectivity index (χ1n) is 5.02. The van der Waals surface area contributed by atoms with E-state index < -0.39 is 10.0 Å². The molecule has 0 bridgehead atoms. The van der Waals surface area contributed by atoms with Crippen molar-refractivity contribution in [1.29, 1.82) is 0 Å². The topological polar surface area (TPSA) is 124 Å². The molecule has 0 saturated carbocycles. The number of sulfonamides is 1. The second-order valence-corrected chi connectivity index (χ2v) is 5.19. The van der Waals surface area contributed by atoms with Crippen LogP contribution in [0.4, 0.5) is 11.4 Å². The zero-order valence-corrected chi connectivity index (χ0v) is 10.1. The predicted molar refractivity (Wildman–Crippen MR) is 66.1 cm³/mol. The molecule has 0 radical (unpaired) electrons. The second-order valence-electron chi connectivity index (χ2n) is 3.63. The highest BCUT2D eigenvalue weighted by Gasteiger charge is 2.10. The van der Waals surface area contributed by atoms with Gasteiger partial charge in [-0.3, -0.25) is 0 Å². The number of nitrogens with one attached hydrogen (secondary N) is 1. The van der Waals surface area contributed by atoms with E-state index in [1.54, 1.807) is 6.07 Å². The van der Waals surface area contributed by atoms with Crippen LogP contribution in [-0.4, -0.2) is 13.6 Å². The molecule has 1 aromatic heterocycles. The zero-order valence-electron chi connectivity index (χ0n) is 9.33. The number of primary sulfonamides is 1. The fourth-order valence-corrected chi connectivity index (χ4v) is 1.92. The van der Waals surface area contributed by atoms with E-state index in [0.29, 0.717) is 23.7 Å². The Balaban J connectivity index is 2.22. The Morgan fingerprint density at radius 3 is 2.72 bits per heavy atom. The first-order valence-corrected chi connectivity index (χ1v) is 6.57. The highest BCUT2D eigenvalue weighted by atomic mass is 32.2. The normalized spacial score (nSPS) is 11.4. The molecule has 0 unspecified atom stereocenters. The van der Waals surface area contributed by atoms with Gasteiger partial charge in [-0.25, -0.2) is 13.6 Å². The number of nitrogen functional groups attached to an aromatic ring is 1. The maximum atomic E-state index is 11.2. The van der Waals surface area contributed by atoms with Gasteiger partial charge in [0.05, 0.1) is 29.0 Å². The lowest BCUT2D eigenvalue weighted by Crippen LogP contribution is -2.13. The summed E-state index contributed by atoms with van der Waals surface area (Å²) in [6.07, 6.45) is 1.52. The van der Waals surface area contributed by atoms with Crippen LogP contribution in [0.1, 0.15) is 5.76 Å². The molecule has 0 aliphatic rings. The highest BCUT2D eigenvalue weighted by Crippen LogP contribution is 2.22. The molecule has 0 atom stereocenters. The largest absolute Gasteiger partial charge is 0.397 e. The Labute approximate surface area is 104 Å². The van der Waals surface area contributed by atoms with Crippen molar-refractivity contribution in [3.8, 4) is 0 Å². The van der Waals surface area contributed by atoms with Gasteiger partial charge in [-0.2, -0.15) is 0 Å². The quantitative estimate of drug-likeness (QED) is 0.694. The fourth-order valence-electron chi connectivity index (χ4n) is 1.38. The van der Waals surface area contributed by atoms with Gasteiger partial charge in [0.2, 0.25) is 10.0 Å². The Morgan fingerprint density at radius 1 is 1.33 bits per heavy atom. The van der Waals surface area contributed by atoms with Crippen LogP contribution in [0.5, 0.6) is 0 Å². The second kappa shape index (κ2) is 4.67. The Kier molecular flexibility index (Phi) is 3.21. The third-order valence-electron chi connectivity index (χ3n) is 2.30. The molecule has 5 N–H and O–H groups in total. The number of aromatic nitrogens is 1. The number of hydrogen-bond acceptors (Lipinski definition) is 6. The van der Waals surface area contributed by atoms with Crippen molar-refractivity contribution in [2.75, 3.05) is 11.1 Å². The lowest BCUT2D eigenvalue weighted by Gasteiger charge is -2.09. The van der Waals surface area contributed by atoms with Gasteiger partial charge < -0.3 is 15.6 Å². The molecule has 2 aromatic rings. The van der Waals surface area contributed by atoms with Gasteiger partial charge in [0.1, 0.15) is 0 Å². The maximum Gasteiger partial charge on any atom is 0.238 e. The Bertz CT molecular complexity index is 637. The summed E-state index contributed by atoms with van der Waals surface area (Å²) >= 11 is 0. The number of rotatable bonds is 4. The van der Waals surface area contributed by atoms with Gasteiger partial charge in [-0.05, 0) is 18.2 Å². The van der Waals surface area contributed by atoms with Gasteiger partial charge in [-0.1, -0.05) is 5.16 Å². The van der Waals surface area contributed by atoms with Crippen molar-refractivity contribution in [1.82, 2.24) is 5.16 Å². The standard InChI is InChI=1S/C10H12N4O3S/c11-9-2-1-8(18(12,15)16)5-10(9)13-6-7-3-4-14-17-7/h1-5,13H,6,11H2,(H2,12,15,16). The molecule has 0 spiro atoms. The molecular formula is C10H12N4O3S. The highest BCUT2D eigenvalue weighted by molar-refractivity contribution is 7.89. The van der Waals surface area contributed by atoms with E-state index in [0.717, 1.165) is 0 Å². The molecule has 0 fully saturated rings. The summed E-state index contributed by atoms with van der Waals surface area (Å²) in [7, 11) is -3.75. The van der Waals surface area contributed by atoms with E-state index in [2.05, 4.69) is 10.5 Å². The first kappa shape index (κ1) is 12.4. The van der Waals surface area contributed by atoms with Crippen LogP contribution >= 0.6 is 0 Å². The van der Waals surface area contributed by atoms with Gasteiger partial charge >= 0.3 is 0 Å². The molecule has 0 amide bonds. The molecule has 0 aliphatic carbocycles. The minimum atomic E-state index is -3.75. The summed E-state index contributed by atoms with van der Waals surface area (Å²) in [4.78, 5) is -0.00299. The van der Waals surface area contributed by atoms with E-state index in [9.17, 15) is 8.42 Å². The van der Waals surface area contributed by atoms with Gasteiger partial charge in [-0.15, -0.1) is 0 Å². The van der Waals surface area contributed by atoms with E-state index >= 15 is 0 Å². The van der Waals surface area contributed by atoms with E-state index in [4.69, 9.17) is 15.4 Å². The molecule has 2 rings (SSSR count). The minimum absolute atomic E-state index is 0.00299. The molecule has 8 heteroatoms. The van der Waals surface area contributed by atoms with Crippen molar-refractivity contribution < 1.29 is 12.9 Å². The molecule has 1 aromatic carbocycles. The SMILES string of the molecule is Nc1ccc(S(N)(=O)=O)cc1NCc1ccno1. The first-order chi connectivity index (χ1) is 8.47. The van der Waals surface area contributed by atoms with Crippen LogP contribution in [0.25, 0.3) is 0 Å². The van der Waals surface area contributed by atoms with Crippen LogP contribution < -0.4 is 16.2 Å². The number of nitrogens with zero attached hydrogens (tertiary/aromatic N) is 1. The Morgan fingerprint density at radius 2 is 2.11 bits per heavy atom. The van der Waals surface area contributed by atoms with Crippen molar-refractivity contribution in [3.05, 3.63) is 36.2 Å². The summed E-state index contributed by atoms with van der Waals surface area (Å²) in [5.74, 6) is 0.607. The molecule has 0 saturated heterocycles. The molecule has 0 aliphatic heterocycles. The zero-order chi connectivity index (χ0) is 13.2. The van der Waals surface area contributed by atoms with Crippen LogP contribution in [0, 0.1) is 0 Å². The van der Waals surface area contributed by atoms with Crippen molar-refractivity contribution >= 4 is 21.4 Å². The number of hydrogen-bond donors (Lipinski definition) is 3. The van der Waals surface area contributed by atoms with E-state index in [1.807, 2.05) is 0 Å². The van der Waals surface area contributed by atoms with Crippen LogP contribution in [0.2, 0.25) is 0 Å². The van der Waals surface area contributed by atoms with Crippen molar-refractivity contribution in [2.45, 2.75) is 11.4 Å². The molecule has 96 valence electrons. The van der Waals surface area contributed by atoms with Gasteiger partial charge in [0.15, 0.2) is 5.76 Å². The van der Waals surface area contributed by atoms with Crippen molar-refractivity contribution in [3.63, 3.8) is 0 Å². The minimum Gasteiger partial charge on any atom is -0.397 e. The maximum absolute atomic E-state index is 11.2.